The van der Waals surface area contributed by atoms with Crippen molar-refractivity contribution in [3.8, 4) is 5.75 Å². The standard InChI is InChI=1S/C16H22N2O/c1-3-5-8-12-13(9-6-4-2)18-16-14(17-12)10-7-11-15(16)19/h7,10-11,19H,3-6,8-9H2,1-2H3. The van der Waals surface area contributed by atoms with Crippen LogP contribution in [0.4, 0.5) is 0 Å². The fraction of sp³-hybridized carbons (Fsp3) is 0.500. The van der Waals surface area contributed by atoms with Crippen molar-refractivity contribution in [2.75, 3.05) is 0 Å². The maximum Gasteiger partial charge on any atom is 0.143 e. The van der Waals surface area contributed by atoms with Crippen molar-refractivity contribution in [2.24, 2.45) is 0 Å². The number of phenolic OH excluding ortho intramolecular Hbond substituents is 1. The molecule has 0 fully saturated rings. The van der Waals surface area contributed by atoms with Crippen molar-refractivity contribution in [3.63, 3.8) is 0 Å². The molecule has 0 saturated carbocycles. The second-order valence-electron chi connectivity index (χ2n) is 4.97. The summed E-state index contributed by atoms with van der Waals surface area (Å²) in [5.74, 6) is 0.227. The highest BCUT2D eigenvalue weighted by Crippen LogP contribution is 2.23. The first-order valence-electron chi connectivity index (χ1n) is 7.23. The largest absolute Gasteiger partial charge is 0.506 e. The quantitative estimate of drug-likeness (QED) is 0.851. The van der Waals surface area contributed by atoms with E-state index in [9.17, 15) is 5.11 Å². The molecule has 19 heavy (non-hydrogen) atoms. The van der Waals surface area contributed by atoms with Crippen LogP contribution >= 0.6 is 0 Å². The monoisotopic (exact) mass is 258 g/mol. The van der Waals surface area contributed by atoms with Crippen LogP contribution in [-0.4, -0.2) is 15.1 Å². The molecular formula is C16H22N2O. The summed E-state index contributed by atoms with van der Waals surface area (Å²) < 4.78 is 0. The Morgan fingerprint density at radius 3 is 2.21 bits per heavy atom. The molecule has 0 atom stereocenters. The second-order valence-corrected chi connectivity index (χ2v) is 4.97. The molecule has 0 unspecified atom stereocenters. The van der Waals surface area contributed by atoms with Crippen molar-refractivity contribution in [1.29, 1.82) is 0 Å². The molecule has 0 spiro atoms. The average Bonchev–Trinajstić information content (AvgIpc) is 2.43. The van der Waals surface area contributed by atoms with Gasteiger partial charge in [-0.1, -0.05) is 32.8 Å². The van der Waals surface area contributed by atoms with Gasteiger partial charge in [0.1, 0.15) is 11.3 Å². The third-order valence-corrected chi connectivity index (χ3v) is 3.36. The number of fused-ring (bicyclic) bond motifs is 1. The zero-order valence-corrected chi connectivity index (χ0v) is 11.8. The Balaban J connectivity index is 2.43. The van der Waals surface area contributed by atoms with Gasteiger partial charge in [0.25, 0.3) is 0 Å². The first kappa shape index (κ1) is 13.8. The molecule has 0 radical (unpaired) electrons. The molecule has 102 valence electrons. The summed E-state index contributed by atoms with van der Waals surface area (Å²) in [7, 11) is 0. The number of hydrogen-bond donors (Lipinski definition) is 1. The van der Waals surface area contributed by atoms with Crippen LogP contribution in [0.25, 0.3) is 11.0 Å². The zero-order valence-electron chi connectivity index (χ0n) is 11.8. The van der Waals surface area contributed by atoms with Gasteiger partial charge >= 0.3 is 0 Å². The van der Waals surface area contributed by atoms with Gasteiger partial charge in [0.15, 0.2) is 0 Å². The fourth-order valence-electron chi connectivity index (χ4n) is 2.22. The molecule has 1 N–H and O–H groups in total. The van der Waals surface area contributed by atoms with Crippen LogP contribution in [0.1, 0.15) is 50.9 Å². The minimum Gasteiger partial charge on any atom is -0.506 e. The molecule has 2 aromatic rings. The third-order valence-electron chi connectivity index (χ3n) is 3.36. The van der Waals surface area contributed by atoms with Gasteiger partial charge in [-0.3, -0.25) is 0 Å². The summed E-state index contributed by atoms with van der Waals surface area (Å²) in [6.45, 7) is 4.36. The summed E-state index contributed by atoms with van der Waals surface area (Å²) >= 11 is 0. The Kier molecular flexibility index (Phi) is 4.72. The van der Waals surface area contributed by atoms with Crippen LogP contribution in [0.15, 0.2) is 18.2 Å². The Morgan fingerprint density at radius 2 is 1.58 bits per heavy atom. The summed E-state index contributed by atoms with van der Waals surface area (Å²) in [6, 6.07) is 5.41. The summed E-state index contributed by atoms with van der Waals surface area (Å²) in [6.07, 6.45) is 6.49. The van der Waals surface area contributed by atoms with E-state index in [4.69, 9.17) is 4.98 Å². The van der Waals surface area contributed by atoms with E-state index in [1.54, 1.807) is 6.07 Å². The smallest absolute Gasteiger partial charge is 0.143 e. The van der Waals surface area contributed by atoms with Crippen molar-refractivity contribution in [2.45, 2.75) is 52.4 Å². The summed E-state index contributed by atoms with van der Waals surface area (Å²) in [5, 5.41) is 9.89. The van der Waals surface area contributed by atoms with Crippen LogP contribution in [0, 0.1) is 0 Å². The molecule has 0 amide bonds. The Hall–Kier alpha value is -1.64. The van der Waals surface area contributed by atoms with Gasteiger partial charge in [-0.15, -0.1) is 0 Å². The van der Waals surface area contributed by atoms with E-state index in [1.165, 1.54) is 0 Å². The zero-order chi connectivity index (χ0) is 13.7. The number of rotatable bonds is 6. The van der Waals surface area contributed by atoms with Crippen LogP contribution in [-0.2, 0) is 12.8 Å². The molecule has 1 heterocycles. The number of nitrogens with zero attached hydrogens (tertiary/aromatic N) is 2. The molecule has 2 rings (SSSR count). The molecule has 0 saturated heterocycles. The molecule has 3 heteroatoms. The number of hydrogen-bond acceptors (Lipinski definition) is 3. The highest BCUT2D eigenvalue weighted by atomic mass is 16.3. The molecule has 1 aromatic carbocycles. The van der Waals surface area contributed by atoms with Gasteiger partial charge in [-0.25, -0.2) is 9.97 Å². The molecule has 3 nitrogen and oxygen atoms in total. The number of unbranched alkanes of at least 4 members (excludes halogenated alkanes) is 2. The van der Waals surface area contributed by atoms with E-state index < -0.39 is 0 Å². The van der Waals surface area contributed by atoms with Gasteiger partial charge in [0, 0.05) is 0 Å². The highest BCUT2D eigenvalue weighted by molar-refractivity contribution is 5.80. The van der Waals surface area contributed by atoms with Gasteiger partial charge in [0.2, 0.25) is 0 Å². The Labute approximate surface area is 114 Å². The maximum atomic E-state index is 9.89. The lowest BCUT2D eigenvalue weighted by atomic mass is 10.1. The van der Waals surface area contributed by atoms with E-state index in [0.717, 1.165) is 55.4 Å². The predicted octanol–water partition coefficient (Wildman–Crippen LogP) is 4.02. The number of benzene rings is 1. The molecule has 0 aliphatic heterocycles. The molecule has 0 aliphatic carbocycles. The molecular weight excluding hydrogens is 236 g/mol. The Bertz CT molecular complexity index is 552. The molecule has 0 bridgehead atoms. The van der Waals surface area contributed by atoms with Crippen LogP contribution in [0.3, 0.4) is 0 Å². The normalized spacial score (nSPS) is 11.1. The third kappa shape index (κ3) is 3.22. The highest BCUT2D eigenvalue weighted by Gasteiger charge is 2.10. The van der Waals surface area contributed by atoms with Crippen molar-refractivity contribution < 1.29 is 5.11 Å². The number of aromatic nitrogens is 2. The van der Waals surface area contributed by atoms with E-state index in [2.05, 4.69) is 18.8 Å². The first-order chi connectivity index (χ1) is 9.26. The van der Waals surface area contributed by atoms with E-state index in [1.807, 2.05) is 12.1 Å². The van der Waals surface area contributed by atoms with E-state index in [-0.39, 0.29) is 5.75 Å². The van der Waals surface area contributed by atoms with E-state index >= 15 is 0 Å². The second kappa shape index (κ2) is 6.50. The number of para-hydroxylation sites is 1. The van der Waals surface area contributed by atoms with Gasteiger partial charge in [0.05, 0.1) is 16.9 Å². The van der Waals surface area contributed by atoms with Crippen LogP contribution in [0.2, 0.25) is 0 Å². The summed E-state index contributed by atoms with van der Waals surface area (Å²) in [4.78, 5) is 9.36. The first-order valence-corrected chi connectivity index (χ1v) is 7.23. The van der Waals surface area contributed by atoms with E-state index in [0.29, 0.717) is 5.52 Å². The number of aryl methyl sites for hydroxylation is 2. The summed E-state index contributed by atoms with van der Waals surface area (Å²) in [5.41, 5.74) is 3.60. The molecule has 1 aromatic heterocycles. The lowest BCUT2D eigenvalue weighted by molar-refractivity contribution is 0.480. The minimum absolute atomic E-state index is 0.227. The Morgan fingerprint density at radius 1 is 0.947 bits per heavy atom. The average molecular weight is 258 g/mol. The molecule has 0 aliphatic rings. The van der Waals surface area contributed by atoms with Gasteiger partial charge in [-0.05, 0) is 37.8 Å². The fourth-order valence-corrected chi connectivity index (χ4v) is 2.22. The van der Waals surface area contributed by atoms with Crippen molar-refractivity contribution in [3.05, 3.63) is 29.6 Å². The van der Waals surface area contributed by atoms with Gasteiger partial charge in [-0.2, -0.15) is 0 Å². The number of aromatic hydroxyl groups is 1. The SMILES string of the molecule is CCCCc1nc2cccc(O)c2nc1CCCC. The van der Waals surface area contributed by atoms with Crippen molar-refractivity contribution >= 4 is 11.0 Å². The van der Waals surface area contributed by atoms with Crippen molar-refractivity contribution in [1.82, 2.24) is 9.97 Å². The van der Waals surface area contributed by atoms with Gasteiger partial charge < -0.3 is 5.11 Å². The lowest BCUT2D eigenvalue weighted by Crippen LogP contribution is -2.03. The van der Waals surface area contributed by atoms with Crippen LogP contribution < -0.4 is 0 Å². The lowest BCUT2D eigenvalue weighted by Gasteiger charge is -2.10. The predicted molar refractivity (Wildman–Crippen MR) is 78.4 cm³/mol. The van der Waals surface area contributed by atoms with Crippen LogP contribution in [0.5, 0.6) is 5.75 Å². The number of phenols is 1. The minimum atomic E-state index is 0.227. The topological polar surface area (TPSA) is 46.0 Å². The maximum absolute atomic E-state index is 9.89.